The van der Waals surface area contributed by atoms with Crippen molar-refractivity contribution in [2.45, 2.75) is 32.3 Å². The number of aromatic amines is 1. The Balaban J connectivity index is 1.95. The van der Waals surface area contributed by atoms with E-state index in [2.05, 4.69) is 15.5 Å². The van der Waals surface area contributed by atoms with Crippen LogP contribution in [0.1, 0.15) is 37.3 Å². The van der Waals surface area contributed by atoms with Gasteiger partial charge >= 0.3 is 0 Å². The molecule has 0 saturated carbocycles. The summed E-state index contributed by atoms with van der Waals surface area (Å²) in [6.07, 6.45) is 2.33. The van der Waals surface area contributed by atoms with Gasteiger partial charge in [0.2, 0.25) is 5.91 Å². The highest BCUT2D eigenvalue weighted by Crippen LogP contribution is 2.36. The second-order valence-electron chi connectivity index (χ2n) is 5.24. The highest BCUT2D eigenvalue weighted by Gasteiger charge is 2.28. The number of amides is 1. The first-order valence-electron chi connectivity index (χ1n) is 6.73. The summed E-state index contributed by atoms with van der Waals surface area (Å²) in [6.45, 7) is 3.99. The molecule has 1 atom stereocenters. The normalized spacial score (nSPS) is 17.8. The minimum absolute atomic E-state index is 0.00179. The summed E-state index contributed by atoms with van der Waals surface area (Å²) in [4.78, 5) is 11.8. The number of carbonyl (C=O) groups is 1. The number of carbonyl (C=O) groups excluding carboxylic acids is 1. The van der Waals surface area contributed by atoms with Crippen molar-refractivity contribution in [1.82, 2.24) is 10.2 Å². The van der Waals surface area contributed by atoms with Crippen LogP contribution in [0.25, 0.3) is 0 Å². The lowest BCUT2D eigenvalue weighted by Gasteiger charge is -2.23. The van der Waals surface area contributed by atoms with Crippen LogP contribution < -0.4 is 10.1 Å². The maximum Gasteiger partial charge on any atom is 0.226 e. The Morgan fingerprint density at radius 3 is 3.05 bits per heavy atom. The number of hydrogen-bond acceptors (Lipinski definition) is 3. The number of nitrogens with one attached hydrogen (secondary N) is 2. The van der Waals surface area contributed by atoms with Crippen LogP contribution in [0.15, 0.2) is 30.5 Å². The minimum Gasteiger partial charge on any atom is -0.491 e. The lowest BCUT2D eigenvalue weighted by atomic mass is 9.87. The molecule has 5 nitrogen and oxygen atoms in total. The third-order valence-electron chi connectivity index (χ3n) is 3.33. The van der Waals surface area contributed by atoms with Crippen molar-refractivity contribution in [2.75, 3.05) is 5.32 Å². The first-order valence-corrected chi connectivity index (χ1v) is 6.73. The summed E-state index contributed by atoms with van der Waals surface area (Å²) in [5, 5.41) is 9.63. The third kappa shape index (κ3) is 2.39. The Morgan fingerprint density at radius 2 is 2.25 bits per heavy atom. The van der Waals surface area contributed by atoms with Gasteiger partial charge in [0.25, 0.3) is 0 Å². The fourth-order valence-corrected chi connectivity index (χ4v) is 2.52. The van der Waals surface area contributed by atoms with E-state index in [1.807, 2.05) is 38.1 Å². The summed E-state index contributed by atoms with van der Waals surface area (Å²) >= 11 is 0. The van der Waals surface area contributed by atoms with Crippen molar-refractivity contribution in [3.05, 3.63) is 41.6 Å². The lowest BCUT2D eigenvalue weighted by molar-refractivity contribution is -0.116. The van der Waals surface area contributed by atoms with Crippen LogP contribution in [0.3, 0.4) is 0 Å². The average molecular weight is 271 g/mol. The fraction of sp³-hybridized carbons (Fsp3) is 0.333. The van der Waals surface area contributed by atoms with Gasteiger partial charge in [0.15, 0.2) is 0 Å². The van der Waals surface area contributed by atoms with E-state index >= 15 is 0 Å². The van der Waals surface area contributed by atoms with Gasteiger partial charge in [0.05, 0.1) is 12.3 Å². The number of anilines is 1. The van der Waals surface area contributed by atoms with Gasteiger partial charge in [0.1, 0.15) is 11.6 Å². The number of H-pyrrole nitrogens is 1. The van der Waals surface area contributed by atoms with Crippen LogP contribution in [0.4, 0.5) is 5.82 Å². The van der Waals surface area contributed by atoms with E-state index < -0.39 is 0 Å². The lowest BCUT2D eigenvalue weighted by Crippen LogP contribution is -2.23. The second kappa shape index (κ2) is 5.00. The first kappa shape index (κ1) is 12.7. The Hall–Kier alpha value is -2.30. The van der Waals surface area contributed by atoms with Crippen LogP contribution in [-0.4, -0.2) is 22.2 Å². The maximum absolute atomic E-state index is 11.8. The van der Waals surface area contributed by atoms with Gasteiger partial charge in [-0.25, -0.2) is 0 Å². The molecule has 0 fully saturated rings. The monoisotopic (exact) mass is 271 g/mol. The first-order chi connectivity index (χ1) is 9.63. The van der Waals surface area contributed by atoms with Crippen LogP contribution in [0, 0.1) is 0 Å². The molecule has 0 unspecified atom stereocenters. The van der Waals surface area contributed by atoms with Crippen molar-refractivity contribution in [3.8, 4) is 5.75 Å². The number of ether oxygens (including phenoxy) is 1. The van der Waals surface area contributed by atoms with Gasteiger partial charge in [0, 0.05) is 17.9 Å². The van der Waals surface area contributed by atoms with Gasteiger partial charge in [-0.15, -0.1) is 0 Å². The summed E-state index contributed by atoms with van der Waals surface area (Å²) in [6, 6.07) is 7.91. The molecule has 5 heteroatoms. The van der Waals surface area contributed by atoms with E-state index in [0.717, 1.165) is 16.9 Å². The highest BCUT2D eigenvalue weighted by atomic mass is 16.5. The molecule has 20 heavy (non-hydrogen) atoms. The smallest absolute Gasteiger partial charge is 0.226 e. The van der Waals surface area contributed by atoms with Gasteiger partial charge in [-0.3, -0.25) is 9.89 Å². The Kier molecular flexibility index (Phi) is 3.18. The van der Waals surface area contributed by atoms with Crippen LogP contribution >= 0.6 is 0 Å². The van der Waals surface area contributed by atoms with E-state index in [0.29, 0.717) is 12.2 Å². The van der Waals surface area contributed by atoms with Gasteiger partial charge in [-0.1, -0.05) is 12.1 Å². The highest BCUT2D eigenvalue weighted by molar-refractivity contribution is 5.94. The molecule has 0 radical (unpaired) electrons. The zero-order valence-electron chi connectivity index (χ0n) is 11.5. The van der Waals surface area contributed by atoms with Crippen molar-refractivity contribution in [2.24, 2.45) is 0 Å². The maximum atomic E-state index is 11.8. The Bertz CT molecular complexity index is 634. The number of hydrogen-bond donors (Lipinski definition) is 2. The summed E-state index contributed by atoms with van der Waals surface area (Å²) in [5.74, 6) is 1.55. The molecule has 1 aliphatic rings. The topological polar surface area (TPSA) is 67.0 Å². The van der Waals surface area contributed by atoms with Gasteiger partial charge in [-0.05, 0) is 31.5 Å². The predicted molar refractivity (Wildman–Crippen MR) is 75.9 cm³/mol. The Labute approximate surface area is 117 Å². The number of fused-ring (bicyclic) bond motifs is 1. The van der Waals surface area contributed by atoms with Gasteiger partial charge < -0.3 is 10.1 Å². The van der Waals surface area contributed by atoms with Crippen molar-refractivity contribution in [3.63, 3.8) is 0 Å². The number of nitrogens with zero attached hydrogens (tertiary/aromatic N) is 1. The van der Waals surface area contributed by atoms with Crippen molar-refractivity contribution < 1.29 is 9.53 Å². The largest absolute Gasteiger partial charge is 0.491 e. The van der Waals surface area contributed by atoms with E-state index in [4.69, 9.17) is 4.74 Å². The van der Waals surface area contributed by atoms with Crippen LogP contribution in [0.2, 0.25) is 0 Å². The minimum atomic E-state index is 0.00179. The molecule has 0 aliphatic carbocycles. The summed E-state index contributed by atoms with van der Waals surface area (Å²) < 4.78 is 5.72. The van der Waals surface area contributed by atoms with Crippen LogP contribution in [0.5, 0.6) is 5.75 Å². The molecular weight excluding hydrogens is 254 g/mol. The molecular formula is C15H17N3O2. The quantitative estimate of drug-likeness (QED) is 0.902. The van der Waals surface area contributed by atoms with E-state index in [9.17, 15) is 4.79 Å². The molecule has 2 aromatic rings. The molecule has 0 spiro atoms. The average Bonchev–Trinajstić information content (AvgIpc) is 2.85. The molecule has 3 rings (SSSR count). The summed E-state index contributed by atoms with van der Waals surface area (Å²) in [7, 11) is 0. The van der Waals surface area contributed by atoms with E-state index in [-0.39, 0.29) is 17.9 Å². The number of aromatic nitrogens is 2. The molecule has 2 N–H and O–H groups in total. The molecule has 0 saturated heterocycles. The molecule has 2 heterocycles. The fourth-order valence-electron chi connectivity index (χ4n) is 2.52. The summed E-state index contributed by atoms with van der Waals surface area (Å²) in [5.41, 5.74) is 2.09. The second-order valence-corrected chi connectivity index (χ2v) is 5.24. The third-order valence-corrected chi connectivity index (χ3v) is 3.33. The molecule has 104 valence electrons. The van der Waals surface area contributed by atoms with Crippen molar-refractivity contribution >= 4 is 11.7 Å². The van der Waals surface area contributed by atoms with E-state index in [1.165, 1.54) is 0 Å². The van der Waals surface area contributed by atoms with Crippen molar-refractivity contribution in [1.29, 1.82) is 0 Å². The molecule has 1 aromatic heterocycles. The standard InChI is InChI=1S/C15H17N3O2/c1-9(2)20-11-5-3-4-10(6-11)12-7-14(19)17-15-13(12)8-16-18-15/h3-6,8-9,12H,7H2,1-2H3,(H2,16,17,18,19)/t12-/m0/s1. The van der Waals surface area contributed by atoms with E-state index in [1.54, 1.807) is 6.20 Å². The zero-order chi connectivity index (χ0) is 14.1. The molecule has 0 bridgehead atoms. The number of benzene rings is 1. The predicted octanol–water partition coefficient (Wildman–Crippen LogP) is 2.67. The zero-order valence-corrected chi connectivity index (χ0v) is 11.5. The molecule has 1 aromatic carbocycles. The molecule has 1 aliphatic heterocycles. The van der Waals surface area contributed by atoms with Gasteiger partial charge in [-0.2, -0.15) is 5.10 Å². The number of rotatable bonds is 3. The van der Waals surface area contributed by atoms with Crippen LogP contribution in [-0.2, 0) is 4.79 Å². The Morgan fingerprint density at radius 1 is 1.40 bits per heavy atom. The molecule has 1 amide bonds. The SMILES string of the molecule is CC(C)Oc1cccc([C@@H]2CC(=O)Nc3[nH]ncc32)c1.